The molecular weight excluding hydrogens is 414 g/mol. The fourth-order valence-electron chi connectivity index (χ4n) is 3.11. The number of hydrogen-bond donors (Lipinski definition) is 2. The normalized spacial score (nSPS) is 12.3. The smallest absolute Gasteiger partial charge is 0.220 e. The van der Waals surface area contributed by atoms with Crippen LogP contribution in [0.15, 0.2) is 65.7 Å². The van der Waals surface area contributed by atoms with Gasteiger partial charge in [-0.3, -0.25) is 4.79 Å². The number of aromatic amines is 1. The van der Waals surface area contributed by atoms with Crippen molar-refractivity contribution in [3.8, 4) is 17.0 Å². The van der Waals surface area contributed by atoms with Crippen LogP contribution in [-0.4, -0.2) is 37.2 Å². The summed E-state index contributed by atoms with van der Waals surface area (Å²) in [7, 11) is -3.22. The lowest BCUT2D eigenvalue weighted by molar-refractivity contribution is -0.122. The maximum absolute atomic E-state index is 12.4. The van der Waals surface area contributed by atoms with Gasteiger partial charge in [-0.1, -0.05) is 37.3 Å². The molecule has 0 spiro atoms. The van der Waals surface area contributed by atoms with E-state index in [4.69, 9.17) is 4.74 Å². The Kier molecular flexibility index (Phi) is 7.46. The van der Waals surface area contributed by atoms with Crippen molar-refractivity contribution in [2.45, 2.75) is 37.1 Å². The van der Waals surface area contributed by atoms with Gasteiger partial charge in [0, 0.05) is 12.7 Å². The zero-order chi connectivity index (χ0) is 22.3. The van der Waals surface area contributed by atoms with Gasteiger partial charge >= 0.3 is 0 Å². The van der Waals surface area contributed by atoms with Crippen molar-refractivity contribution in [2.24, 2.45) is 0 Å². The molecule has 0 saturated carbocycles. The fraction of sp³-hybridized carbons (Fsp3) is 0.304. The number of carbonyl (C=O) groups excluding carboxylic acids is 1. The maximum atomic E-state index is 12.4. The average molecular weight is 442 g/mol. The number of amides is 1. The van der Waals surface area contributed by atoms with Crippen LogP contribution in [0, 0.1) is 0 Å². The maximum Gasteiger partial charge on any atom is 0.220 e. The van der Waals surface area contributed by atoms with Crippen LogP contribution >= 0.6 is 0 Å². The number of aromatic nitrogens is 2. The molecule has 31 heavy (non-hydrogen) atoms. The van der Waals surface area contributed by atoms with E-state index in [1.165, 1.54) is 12.1 Å². The van der Waals surface area contributed by atoms with Crippen LogP contribution in [0.3, 0.4) is 0 Å². The highest BCUT2D eigenvalue weighted by Crippen LogP contribution is 2.21. The molecule has 3 rings (SSSR count). The lowest BCUT2D eigenvalue weighted by Crippen LogP contribution is -2.29. The summed E-state index contributed by atoms with van der Waals surface area (Å²) in [4.78, 5) is 20.3. The van der Waals surface area contributed by atoms with Crippen molar-refractivity contribution in [1.29, 1.82) is 0 Å². The minimum Gasteiger partial charge on any atom is -0.494 e. The Hall–Kier alpha value is -3.13. The van der Waals surface area contributed by atoms with Gasteiger partial charge in [-0.05, 0) is 42.7 Å². The Balaban J connectivity index is 1.46. The molecule has 0 saturated heterocycles. The van der Waals surface area contributed by atoms with Crippen LogP contribution in [0.1, 0.15) is 38.1 Å². The molecule has 2 N–H and O–H groups in total. The zero-order valence-corrected chi connectivity index (χ0v) is 18.5. The van der Waals surface area contributed by atoms with Crippen LogP contribution in [0.25, 0.3) is 11.3 Å². The SMILES string of the molecule is CCC(NC(=O)CCCOc1ccc(S(C)(=O)=O)cc1)c1ncc(-c2ccccc2)[nH]1. The van der Waals surface area contributed by atoms with Crippen LogP contribution in [0.4, 0.5) is 0 Å². The second-order valence-electron chi connectivity index (χ2n) is 7.27. The van der Waals surface area contributed by atoms with Crippen molar-refractivity contribution in [1.82, 2.24) is 15.3 Å². The monoisotopic (exact) mass is 441 g/mol. The number of H-pyrrole nitrogens is 1. The minimum absolute atomic E-state index is 0.0689. The van der Waals surface area contributed by atoms with Gasteiger partial charge in [-0.25, -0.2) is 13.4 Å². The first kappa shape index (κ1) is 22.6. The van der Waals surface area contributed by atoms with Crippen molar-refractivity contribution in [3.05, 3.63) is 66.6 Å². The Bertz CT molecular complexity index is 1090. The summed E-state index contributed by atoms with van der Waals surface area (Å²) in [5.41, 5.74) is 1.96. The third-order valence-corrected chi connectivity index (χ3v) is 5.95. The average Bonchev–Trinajstić information content (AvgIpc) is 3.25. The van der Waals surface area contributed by atoms with Gasteiger partial charge in [0.15, 0.2) is 9.84 Å². The van der Waals surface area contributed by atoms with Gasteiger partial charge in [-0.2, -0.15) is 0 Å². The first-order chi connectivity index (χ1) is 14.9. The topological polar surface area (TPSA) is 101 Å². The summed E-state index contributed by atoms with van der Waals surface area (Å²) in [6, 6.07) is 16.0. The number of nitrogens with zero attached hydrogens (tertiary/aromatic N) is 1. The van der Waals surface area contributed by atoms with Crippen LogP contribution < -0.4 is 10.1 Å². The number of rotatable bonds is 10. The molecule has 2 aromatic carbocycles. The lowest BCUT2D eigenvalue weighted by Gasteiger charge is -2.15. The van der Waals surface area contributed by atoms with Gasteiger partial charge in [0.25, 0.3) is 0 Å². The fourth-order valence-corrected chi connectivity index (χ4v) is 3.74. The van der Waals surface area contributed by atoms with Crippen LogP contribution in [0.5, 0.6) is 5.75 Å². The molecule has 0 aliphatic rings. The molecule has 0 bridgehead atoms. The quantitative estimate of drug-likeness (QED) is 0.465. The number of hydrogen-bond acceptors (Lipinski definition) is 5. The summed E-state index contributed by atoms with van der Waals surface area (Å²) in [5.74, 6) is 1.24. The summed E-state index contributed by atoms with van der Waals surface area (Å²) in [6.45, 7) is 2.36. The number of nitrogens with one attached hydrogen (secondary N) is 2. The zero-order valence-electron chi connectivity index (χ0n) is 17.7. The highest BCUT2D eigenvalue weighted by Gasteiger charge is 2.16. The van der Waals surface area contributed by atoms with Crippen LogP contribution in [0.2, 0.25) is 0 Å². The van der Waals surface area contributed by atoms with E-state index in [1.54, 1.807) is 18.3 Å². The number of sulfone groups is 1. The minimum atomic E-state index is -3.22. The molecule has 3 aromatic rings. The van der Waals surface area contributed by atoms with Crippen LogP contribution in [-0.2, 0) is 14.6 Å². The summed E-state index contributed by atoms with van der Waals surface area (Å²) >= 11 is 0. The molecule has 0 aliphatic heterocycles. The van der Waals surface area contributed by atoms with E-state index in [0.29, 0.717) is 25.2 Å². The van der Waals surface area contributed by atoms with E-state index < -0.39 is 9.84 Å². The number of benzene rings is 2. The molecule has 8 heteroatoms. The summed E-state index contributed by atoms with van der Waals surface area (Å²) in [5, 5.41) is 3.02. The van der Waals surface area contributed by atoms with E-state index in [9.17, 15) is 13.2 Å². The molecule has 0 aliphatic carbocycles. The van der Waals surface area contributed by atoms with Crippen molar-refractivity contribution < 1.29 is 17.9 Å². The molecule has 1 amide bonds. The van der Waals surface area contributed by atoms with E-state index in [1.807, 2.05) is 37.3 Å². The van der Waals surface area contributed by atoms with Gasteiger partial charge in [0.2, 0.25) is 5.91 Å². The number of ether oxygens (including phenoxy) is 1. The van der Waals surface area contributed by atoms with E-state index in [2.05, 4.69) is 15.3 Å². The number of imidazole rings is 1. The van der Waals surface area contributed by atoms with Gasteiger partial charge < -0.3 is 15.0 Å². The Morgan fingerprint density at radius 1 is 1.13 bits per heavy atom. The first-order valence-corrected chi connectivity index (χ1v) is 12.1. The van der Waals surface area contributed by atoms with Crippen molar-refractivity contribution >= 4 is 15.7 Å². The van der Waals surface area contributed by atoms with Gasteiger partial charge in [-0.15, -0.1) is 0 Å². The van der Waals surface area contributed by atoms with Crippen molar-refractivity contribution in [3.63, 3.8) is 0 Å². The number of carbonyl (C=O) groups is 1. The predicted molar refractivity (Wildman–Crippen MR) is 119 cm³/mol. The molecule has 164 valence electrons. The Morgan fingerprint density at radius 3 is 2.48 bits per heavy atom. The molecule has 1 atom stereocenters. The predicted octanol–water partition coefficient (Wildman–Crippen LogP) is 3.91. The summed E-state index contributed by atoms with van der Waals surface area (Å²) in [6.07, 6.45) is 4.53. The summed E-state index contributed by atoms with van der Waals surface area (Å²) < 4.78 is 28.6. The standard InChI is InChI=1S/C23H27N3O4S/c1-3-20(23-24-16-21(26-23)17-8-5-4-6-9-17)25-22(27)10-7-15-30-18-11-13-19(14-12-18)31(2,28)29/h4-6,8-9,11-14,16,20H,3,7,10,15H2,1-2H3,(H,24,26)(H,25,27). The molecule has 0 radical (unpaired) electrons. The second kappa shape index (κ2) is 10.3. The molecule has 1 unspecified atom stereocenters. The molecule has 7 nitrogen and oxygen atoms in total. The largest absolute Gasteiger partial charge is 0.494 e. The van der Waals surface area contributed by atoms with Crippen molar-refractivity contribution in [2.75, 3.05) is 12.9 Å². The third-order valence-electron chi connectivity index (χ3n) is 4.82. The van der Waals surface area contributed by atoms with Gasteiger partial charge in [0.1, 0.15) is 11.6 Å². The van der Waals surface area contributed by atoms with E-state index in [0.717, 1.165) is 29.8 Å². The third kappa shape index (κ3) is 6.42. The molecule has 1 heterocycles. The van der Waals surface area contributed by atoms with Gasteiger partial charge in [0.05, 0.1) is 29.4 Å². The van der Waals surface area contributed by atoms with E-state index >= 15 is 0 Å². The first-order valence-electron chi connectivity index (χ1n) is 10.2. The Labute approximate surface area is 182 Å². The second-order valence-corrected chi connectivity index (χ2v) is 9.29. The van der Waals surface area contributed by atoms with E-state index in [-0.39, 0.29) is 16.8 Å². The molecular formula is C23H27N3O4S. The highest BCUT2D eigenvalue weighted by atomic mass is 32.2. The Morgan fingerprint density at radius 2 is 1.84 bits per heavy atom. The molecule has 1 aromatic heterocycles. The highest BCUT2D eigenvalue weighted by molar-refractivity contribution is 7.90. The lowest BCUT2D eigenvalue weighted by atomic mass is 10.2. The molecule has 0 fully saturated rings.